The second kappa shape index (κ2) is 7.78. The number of aromatic nitrogens is 1. The van der Waals surface area contributed by atoms with E-state index in [0.29, 0.717) is 23.8 Å². The molecule has 1 aliphatic carbocycles. The number of halogens is 1. The summed E-state index contributed by atoms with van der Waals surface area (Å²) in [5.41, 5.74) is 2.66. The Kier molecular flexibility index (Phi) is 5.79. The van der Waals surface area contributed by atoms with Crippen molar-refractivity contribution in [1.82, 2.24) is 14.8 Å². The van der Waals surface area contributed by atoms with Crippen LogP contribution in [0.25, 0.3) is 0 Å². The average Bonchev–Trinajstić information content (AvgIpc) is 3.00. The third-order valence-corrected chi connectivity index (χ3v) is 6.68. The molecule has 1 spiro atoms. The Labute approximate surface area is 170 Å². The van der Waals surface area contributed by atoms with Crippen molar-refractivity contribution in [3.8, 4) is 0 Å². The maximum Gasteiger partial charge on any atom is 0.271 e. The van der Waals surface area contributed by atoms with Crippen LogP contribution in [0.3, 0.4) is 0 Å². The molecule has 1 saturated heterocycles. The summed E-state index contributed by atoms with van der Waals surface area (Å²) in [5, 5.41) is 7.60. The zero-order chi connectivity index (χ0) is 18.3. The number of carbonyl (C=O) groups is 2. The minimum absolute atomic E-state index is 0. The van der Waals surface area contributed by atoms with Crippen LogP contribution in [0.5, 0.6) is 0 Å². The molecule has 1 saturated carbocycles. The predicted molar refractivity (Wildman–Crippen MR) is 110 cm³/mol. The highest BCUT2D eigenvalue weighted by molar-refractivity contribution is 7.07. The van der Waals surface area contributed by atoms with E-state index >= 15 is 0 Å². The van der Waals surface area contributed by atoms with Crippen LogP contribution in [0.1, 0.15) is 52.6 Å². The van der Waals surface area contributed by atoms with Crippen LogP contribution in [-0.2, 0) is 13.6 Å². The van der Waals surface area contributed by atoms with Crippen molar-refractivity contribution in [3.63, 3.8) is 0 Å². The Morgan fingerprint density at radius 1 is 1.37 bits per heavy atom. The standard InChI is InChI=1S/C20H25N3O2S.ClH/c1-14(24)16-9-17(22(2)12-16)19(25)23(11-15-3-8-26-13-15)18-10-20(18)4-6-21-7-5-20;/h3,8-9,12-13,18,21H,4-7,10-11H2,1-2H3;1H. The van der Waals surface area contributed by atoms with Crippen LogP contribution in [-0.4, -0.2) is 40.3 Å². The molecule has 3 heterocycles. The SMILES string of the molecule is CC(=O)c1cc(C(=O)N(Cc2ccsc2)C2CC23CCNCC3)n(C)c1.Cl. The highest BCUT2D eigenvalue weighted by Gasteiger charge is 2.57. The number of nitrogens with zero attached hydrogens (tertiary/aromatic N) is 2. The number of hydrogen-bond donors (Lipinski definition) is 1. The van der Waals surface area contributed by atoms with E-state index in [2.05, 4.69) is 22.1 Å². The normalized spacial score (nSPS) is 20.1. The van der Waals surface area contributed by atoms with Crippen LogP contribution in [0.15, 0.2) is 29.1 Å². The van der Waals surface area contributed by atoms with Gasteiger partial charge in [0.15, 0.2) is 5.78 Å². The topological polar surface area (TPSA) is 54.3 Å². The van der Waals surface area contributed by atoms with Crippen molar-refractivity contribution in [2.75, 3.05) is 13.1 Å². The molecular formula is C20H26ClN3O2S. The van der Waals surface area contributed by atoms with Gasteiger partial charge in [-0.2, -0.15) is 11.3 Å². The van der Waals surface area contributed by atoms with Crippen LogP contribution in [0, 0.1) is 5.41 Å². The third-order valence-electron chi connectivity index (χ3n) is 5.95. The number of carbonyl (C=O) groups excluding carboxylic acids is 2. The number of hydrogen-bond acceptors (Lipinski definition) is 4. The summed E-state index contributed by atoms with van der Waals surface area (Å²) in [6.45, 7) is 4.26. The van der Waals surface area contributed by atoms with Crippen molar-refractivity contribution in [2.24, 2.45) is 12.5 Å². The number of ketones is 1. The molecule has 2 aliphatic rings. The van der Waals surface area contributed by atoms with E-state index in [0.717, 1.165) is 32.4 Å². The van der Waals surface area contributed by atoms with Gasteiger partial charge in [0.25, 0.3) is 5.91 Å². The van der Waals surface area contributed by atoms with Gasteiger partial charge in [-0.25, -0.2) is 0 Å². The summed E-state index contributed by atoms with van der Waals surface area (Å²) in [6, 6.07) is 4.13. The van der Waals surface area contributed by atoms with Gasteiger partial charge in [0.1, 0.15) is 5.69 Å². The molecule has 1 atom stereocenters. The lowest BCUT2D eigenvalue weighted by molar-refractivity contribution is 0.0682. The quantitative estimate of drug-likeness (QED) is 0.772. The largest absolute Gasteiger partial charge is 0.346 e. The number of Topliss-reactive ketones (excluding diaryl/α,β-unsaturated/α-hetero) is 1. The van der Waals surface area contributed by atoms with Gasteiger partial charge in [0.2, 0.25) is 0 Å². The fourth-order valence-corrected chi connectivity index (χ4v) is 4.91. The second-order valence-corrected chi connectivity index (χ2v) is 8.46. The van der Waals surface area contributed by atoms with Gasteiger partial charge in [0.05, 0.1) is 0 Å². The third kappa shape index (κ3) is 3.84. The lowest BCUT2D eigenvalue weighted by atomic mass is 9.93. The minimum Gasteiger partial charge on any atom is -0.346 e. The zero-order valence-electron chi connectivity index (χ0n) is 15.7. The summed E-state index contributed by atoms with van der Waals surface area (Å²) >= 11 is 1.66. The lowest BCUT2D eigenvalue weighted by Crippen LogP contribution is -2.39. The van der Waals surface area contributed by atoms with Gasteiger partial charge in [-0.3, -0.25) is 9.59 Å². The number of aryl methyl sites for hydroxylation is 1. The molecule has 27 heavy (non-hydrogen) atoms. The molecule has 0 aromatic carbocycles. The van der Waals surface area contributed by atoms with Crippen molar-refractivity contribution < 1.29 is 9.59 Å². The monoisotopic (exact) mass is 407 g/mol. The number of piperidine rings is 1. The Morgan fingerprint density at radius 2 is 2.11 bits per heavy atom. The summed E-state index contributed by atoms with van der Waals surface area (Å²) in [7, 11) is 1.84. The molecule has 2 aromatic heterocycles. The predicted octanol–water partition coefficient (Wildman–Crippen LogP) is 3.50. The van der Waals surface area contributed by atoms with Crippen LogP contribution in [0.4, 0.5) is 0 Å². The average molecular weight is 408 g/mol. The smallest absolute Gasteiger partial charge is 0.271 e. The van der Waals surface area contributed by atoms with Crippen LogP contribution < -0.4 is 5.32 Å². The number of thiophene rings is 1. The first-order chi connectivity index (χ1) is 12.5. The molecule has 0 bridgehead atoms. The van der Waals surface area contributed by atoms with Crippen molar-refractivity contribution in [2.45, 2.75) is 38.8 Å². The van der Waals surface area contributed by atoms with Gasteiger partial charge in [-0.1, -0.05) is 0 Å². The highest BCUT2D eigenvalue weighted by atomic mass is 35.5. The molecule has 0 radical (unpaired) electrons. The number of amides is 1. The van der Waals surface area contributed by atoms with E-state index in [1.165, 1.54) is 12.5 Å². The number of nitrogens with one attached hydrogen (secondary N) is 1. The Morgan fingerprint density at radius 3 is 2.70 bits per heavy atom. The molecule has 1 N–H and O–H groups in total. The fourth-order valence-electron chi connectivity index (χ4n) is 4.25. The Balaban J connectivity index is 0.00000210. The Hall–Kier alpha value is -1.63. The van der Waals surface area contributed by atoms with Gasteiger partial charge in [-0.05, 0) is 73.1 Å². The summed E-state index contributed by atoms with van der Waals surface area (Å²) < 4.78 is 1.79. The molecule has 1 amide bonds. The van der Waals surface area contributed by atoms with Crippen LogP contribution >= 0.6 is 23.7 Å². The Bertz CT molecular complexity index is 824. The zero-order valence-corrected chi connectivity index (χ0v) is 17.4. The molecule has 7 heteroatoms. The van der Waals surface area contributed by atoms with E-state index in [1.54, 1.807) is 28.2 Å². The lowest BCUT2D eigenvalue weighted by Gasteiger charge is -2.29. The molecule has 2 fully saturated rings. The molecule has 4 rings (SSSR count). The van der Waals surface area contributed by atoms with Gasteiger partial charge >= 0.3 is 0 Å². The van der Waals surface area contributed by atoms with Crippen molar-refractivity contribution >= 4 is 35.4 Å². The van der Waals surface area contributed by atoms with Gasteiger partial charge in [-0.15, -0.1) is 12.4 Å². The first kappa shape index (κ1) is 20.1. The first-order valence-corrected chi connectivity index (χ1v) is 10.1. The van der Waals surface area contributed by atoms with E-state index in [-0.39, 0.29) is 29.5 Å². The van der Waals surface area contributed by atoms with Gasteiger partial charge < -0.3 is 14.8 Å². The maximum absolute atomic E-state index is 13.4. The summed E-state index contributed by atoms with van der Waals surface area (Å²) in [4.78, 5) is 27.2. The molecule has 1 unspecified atom stereocenters. The molecular weight excluding hydrogens is 382 g/mol. The summed E-state index contributed by atoms with van der Waals surface area (Å²) in [5.74, 6) is 0.0249. The highest BCUT2D eigenvalue weighted by Crippen LogP contribution is 2.56. The van der Waals surface area contributed by atoms with E-state index in [9.17, 15) is 9.59 Å². The van der Waals surface area contributed by atoms with Gasteiger partial charge in [0, 0.05) is 31.4 Å². The van der Waals surface area contributed by atoms with Crippen molar-refractivity contribution in [1.29, 1.82) is 0 Å². The van der Waals surface area contributed by atoms with Crippen LogP contribution in [0.2, 0.25) is 0 Å². The van der Waals surface area contributed by atoms with E-state index < -0.39 is 0 Å². The number of rotatable bonds is 5. The molecule has 5 nitrogen and oxygen atoms in total. The van der Waals surface area contributed by atoms with E-state index in [4.69, 9.17) is 0 Å². The molecule has 146 valence electrons. The van der Waals surface area contributed by atoms with E-state index in [1.807, 2.05) is 11.9 Å². The molecule has 2 aromatic rings. The van der Waals surface area contributed by atoms with Crippen molar-refractivity contribution in [3.05, 3.63) is 45.9 Å². The first-order valence-electron chi connectivity index (χ1n) is 9.20. The maximum atomic E-state index is 13.4. The fraction of sp³-hybridized carbons (Fsp3) is 0.500. The molecule has 1 aliphatic heterocycles. The minimum atomic E-state index is -0.00900. The summed E-state index contributed by atoms with van der Waals surface area (Å²) in [6.07, 6.45) is 5.12. The second-order valence-electron chi connectivity index (χ2n) is 7.68.